The lowest BCUT2D eigenvalue weighted by Crippen LogP contribution is -2.29. The van der Waals surface area contributed by atoms with Crippen LogP contribution < -0.4 is 14.8 Å². The summed E-state index contributed by atoms with van der Waals surface area (Å²) >= 11 is 0. The molecule has 0 saturated carbocycles. The van der Waals surface area contributed by atoms with Crippen LogP contribution in [0.4, 0.5) is 0 Å². The molecule has 1 amide bonds. The maximum Gasteiger partial charge on any atom is 0.251 e. The molecule has 1 aliphatic rings. The third kappa shape index (κ3) is 4.54. The lowest BCUT2D eigenvalue weighted by molar-refractivity contribution is 0.0939. The van der Waals surface area contributed by atoms with Crippen LogP contribution in [0.15, 0.2) is 47.4 Å². The molecule has 1 heterocycles. The zero-order valence-corrected chi connectivity index (χ0v) is 17.7. The van der Waals surface area contributed by atoms with Gasteiger partial charge in [-0.1, -0.05) is 6.07 Å². The Bertz CT molecular complexity index is 984. The Morgan fingerprint density at radius 2 is 1.79 bits per heavy atom. The predicted molar refractivity (Wildman–Crippen MR) is 110 cm³/mol. The molecule has 3 rings (SSSR count). The van der Waals surface area contributed by atoms with Gasteiger partial charge >= 0.3 is 0 Å². The number of carbonyl (C=O) groups is 1. The van der Waals surface area contributed by atoms with Crippen LogP contribution >= 0.6 is 0 Å². The molecule has 0 aromatic heterocycles. The maximum absolute atomic E-state index is 12.8. The SMILES string of the molecule is COc1ccc(OC)c([C@@H](C)NC(=O)c2cccc(S(=O)(=O)N3CCCC3)c2)c1. The molecule has 29 heavy (non-hydrogen) atoms. The third-order valence-corrected chi connectivity index (χ3v) is 6.94. The van der Waals surface area contributed by atoms with Crippen molar-refractivity contribution in [3.8, 4) is 11.5 Å². The van der Waals surface area contributed by atoms with Crippen molar-refractivity contribution in [1.82, 2.24) is 9.62 Å². The highest BCUT2D eigenvalue weighted by atomic mass is 32.2. The van der Waals surface area contributed by atoms with Crippen molar-refractivity contribution in [2.75, 3.05) is 27.3 Å². The maximum atomic E-state index is 12.8. The highest BCUT2D eigenvalue weighted by molar-refractivity contribution is 7.89. The van der Waals surface area contributed by atoms with Gasteiger partial charge in [-0.05, 0) is 56.2 Å². The number of ether oxygens (including phenoxy) is 2. The van der Waals surface area contributed by atoms with Gasteiger partial charge in [0.25, 0.3) is 5.91 Å². The summed E-state index contributed by atoms with van der Waals surface area (Å²) in [5, 5.41) is 2.90. The fraction of sp³-hybridized carbons (Fsp3) is 0.381. The Morgan fingerprint density at radius 3 is 2.45 bits per heavy atom. The van der Waals surface area contributed by atoms with Gasteiger partial charge in [0.1, 0.15) is 11.5 Å². The van der Waals surface area contributed by atoms with Crippen molar-refractivity contribution in [2.45, 2.75) is 30.7 Å². The molecule has 0 spiro atoms. The molecule has 8 heteroatoms. The second kappa shape index (κ2) is 8.84. The Hall–Kier alpha value is -2.58. The van der Waals surface area contributed by atoms with Gasteiger partial charge in [-0.3, -0.25) is 4.79 Å². The van der Waals surface area contributed by atoms with Gasteiger partial charge in [0, 0.05) is 24.2 Å². The van der Waals surface area contributed by atoms with Crippen LogP contribution in [0.1, 0.15) is 41.7 Å². The first kappa shape index (κ1) is 21.1. The van der Waals surface area contributed by atoms with E-state index in [0.29, 0.717) is 30.2 Å². The molecule has 2 aromatic rings. The van der Waals surface area contributed by atoms with E-state index in [9.17, 15) is 13.2 Å². The molecule has 1 saturated heterocycles. The van der Waals surface area contributed by atoms with Gasteiger partial charge in [0.05, 0.1) is 25.2 Å². The molecule has 1 fully saturated rings. The van der Waals surface area contributed by atoms with Gasteiger partial charge in [-0.25, -0.2) is 8.42 Å². The summed E-state index contributed by atoms with van der Waals surface area (Å²) in [6, 6.07) is 11.1. The van der Waals surface area contributed by atoms with Crippen molar-refractivity contribution in [3.05, 3.63) is 53.6 Å². The first-order valence-electron chi connectivity index (χ1n) is 9.50. The van der Waals surface area contributed by atoms with Crippen LogP contribution in [0, 0.1) is 0 Å². The molecule has 0 radical (unpaired) electrons. The Labute approximate surface area is 171 Å². The number of amides is 1. The number of nitrogens with one attached hydrogen (secondary N) is 1. The number of benzene rings is 2. The smallest absolute Gasteiger partial charge is 0.251 e. The van der Waals surface area contributed by atoms with Crippen LogP contribution in [0.3, 0.4) is 0 Å². The average Bonchev–Trinajstić information content (AvgIpc) is 3.29. The summed E-state index contributed by atoms with van der Waals surface area (Å²) < 4.78 is 37.6. The number of hydrogen-bond acceptors (Lipinski definition) is 5. The fourth-order valence-electron chi connectivity index (χ4n) is 3.41. The largest absolute Gasteiger partial charge is 0.497 e. The average molecular weight is 419 g/mol. The molecular weight excluding hydrogens is 392 g/mol. The van der Waals surface area contributed by atoms with Gasteiger partial charge in [0.2, 0.25) is 10.0 Å². The van der Waals surface area contributed by atoms with Crippen LogP contribution in [0.2, 0.25) is 0 Å². The fourth-order valence-corrected chi connectivity index (χ4v) is 4.97. The summed E-state index contributed by atoms with van der Waals surface area (Å²) in [4.78, 5) is 12.9. The molecule has 156 valence electrons. The second-order valence-electron chi connectivity index (χ2n) is 6.94. The topological polar surface area (TPSA) is 84.9 Å². The number of hydrogen-bond donors (Lipinski definition) is 1. The van der Waals surface area contributed by atoms with E-state index in [1.807, 2.05) is 6.92 Å². The number of sulfonamides is 1. The van der Waals surface area contributed by atoms with Crippen LogP contribution in [-0.4, -0.2) is 45.9 Å². The number of carbonyl (C=O) groups excluding carboxylic acids is 1. The highest BCUT2D eigenvalue weighted by Crippen LogP contribution is 2.29. The minimum Gasteiger partial charge on any atom is -0.497 e. The number of methoxy groups -OCH3 is 2. The molecule has 0 bridgehead atoms. The lowest BCUT2D eigenvalue weighted by Gasteiger charge is -2.19. The molecule has 1 atom stereocenters. The lowest BCUT2D eigenvalue weighted by atomic mass is 10.1. The Kier molecular flexibility index (Phi) is 6.44. The summed E-state index contributed by atoms with van der Waals surface area (Å²) in [5.41, 5.74) is 1.06. The van der Waals surface area contributed by atoms with Gasteiger partial charge in [-0.15, -0.1) is 0 Å². The zero-order valence-electron chi connectivity index (χ0n) is 16.8. The van der Waals surface area contributed by atoms with Crippen molar-refractivity contribution in [3.63, 3.8) is 0 Å². The van der Waals surface area contributed by atoms with Crippen LogP contribution in [0.5, 0.6) is 11.5 Å². The van der Waals surface area contributed by atoms with E-state index in [1.54, 1.807) is 44.6 Å². The predicted octanol–water partition coefficient (Wildman–Crippen LogP) is 2.98. The third-order valence-electron chi connectivity index (χ3n) is 5.05. The Morgan fingerprint density at radius 1 is 1.07 bits per heavy atom. The summed E-state index contributed by atoms with van der Waals surface area (Å²) in [7, 11) is -0.446. The molecule has 2 aromatic carbocycles. The highest BCUT2D eigenvalue weighted by Gasteiger charge is 2.27. The monoisotopic (exact) mass is 418 g/mol. The van der Waals surface area contributed by atoms with Gasteiger partial charge in [-0.2, -0.15) is 4.31 Å². The second-order valence-corrected chi connectivity index (χ2v) is 8.88. The van der Waals surface area contributed by atoms with E-state index < -0.39 is 10.0 Å². The van der Waals surface area contributed by atoms with Crippen molar-refractivity contribution in [1.29, 1.82) is 0 Å². The molecule has 0 aliphatic carbocycles. The van der Waals surface area contributed by atoms with Crippen LogP contribution in [-0.2, 0) is 10.0 Å². The van der Waals surface area contributed by atoms with E-state index in [0.717, 1.165) is 18.4 Å². The molecule has 0 unspecified atom stereocenters. The zero-order chi connectivity index (χ0) is 21.0. The minimum atomic E-state index is -3.58. The minimum absolute atomic E-state index is 0.138. The van der Waals surface area contributed by atoms with Crippen molar-refractivity contribution in [2.24, 2.45) is 0 Å². The standard InChI is InChI=1S/C21H26N2O5S/c1-15(19-14-17(27-2)9-10-20(19)28-3)22-21(24)16-7-6-8-18(13-16)29(25,26)23-11-4-5-12-23/h6-10,13-15H,4-5,11-12H2,1-3H3,(H,22,24)/t15-/m1/s1. The molecule has 7 nitrogen and oxygen atoms in total. The summed E-state index contributed by atoms with van der Waals surface area (Å²) in [5.74, 6) is 0.922. The first-order chi connectivity index (χ1) is 13.9. The van der Waals surface area contributed by atoms with Crippen molar-refractivity contribution < 1.29 is 22.7 Å². The quantitative estimate of drug-likeness (QED) is 0.747. The molecule has 1 N–H and O–H groups in total. The Balaban J connectivity index is 1.81. The van der Waals surface area contributed by atoms with Crippen molar-refractivity contribution >= 4 is 15.9 Å². The van der Waals surface area contributed by atoms with Crippen LogP contribution in [0.25, 0.3) is 0 Å². The normalized spacial score (nSPS) is 15.7. The van der Waals surface area contributed by atoms with Gasteiger partial charge < -0.3 is 14.8 Å². The summed E-state index contributed by atoms with van der Waals surface area (Å²) in [6.45, 7) is 2.87. The number of rotatable bonds is 7. The molecular formula is C21H26N2O5S. The number of nitrogens with zero attached hydrogens (tertiary/aromatic N) is 1. The van der Waals surface area contributed by atoms with E-state index in [4.69, 9.17) is 9.47 Å². The van der Waals surface area contributed by atoms with E-state index >= 15 is 0 Å². The molecule has 1 aliphatic heterocycles. The van der Waals surface area contributed by atoms with E-state index in [2.05, 4.69) is 5.32 Å². The van der Waals surface area contributed by atoms with E-state index in [1.165, 1.54) is 16.4 Å². The van der Waals surface area contributed by atoms with E-state index in [-0.39, 0.29) is 16.8 Å². The van der Waals surface area contributed by atoms with Gasteiger partial charge in [0.15, 0.2) is 0 Å². The summed E-state index contributed by atoms with van der Waals surface area (Å²) in [6.07, 6.45) is 1.72. The first-order valence-corrected chi connectivity index (χ1v) is 10.9.